The minimum absolute atomic E-state index is 0.167. The number of pyridine rings is 2. The minimum Gasteiger partial charge on any atom is -0.357 e. The number of aromatic amines is 1. The van der Waals surface area contributed by atoms with Crippen molar-refractivity contribution in [2.75, 3.05) is 11.9 Å². The van der Waals surface area contributed by atoms with Gasteiger partial charge in [-0.3, -0.25) is 14.7 Å². The minimum atomic E-state index is -0.167. The van der Waals surface area contributed by atoms with Gasteiger partial charge in [-0.15, -0.1) is 0 Å². The van der Waals surface area contributed by atoms with Crippen LogP contribution in [0.25, 0.3) is 10.9 Å². The number of nitrogens with zero attached hydrogens (tertiary/aromatic N) is 3. The van der Waals surface area contributed by atoms with Crippen molar-refractivity contribution in [2.45, 2.75) is 45.2 Å². The number of rotatable bonds is 6. The Balaban J connectivity index is 1.26. The third kappa shape index (κ3) is 4.66. The average Bonchev–Trinajstić information content (AvgIpc) is 3.44. The molecule has 33 heavy (non-hydrogen) atoms. The van der Waals surface area contributed by atoms with Crippen molar-refractivity contribution in [3.05, 3.63) is 89.5 Å². The lowest BCUT2D eigenvalue weighted by Gasteiger charge is -2.19. The third-order valence-corrected chi connectivity index (χ3v) is 6.72. The molecule has 0 radical (unpaired) electrons. The van der Waals surface area contributed by atoms with Gasteiger partial charge in [0.05, 0.1) is 5.52 Å². The molecule has 0 spiro atoms. The number of H-pyrrole nitrogens is 1. The van der Waals surface area contributed by atoms with E-state index in [2.05, 4.69) is 51.1 Å². The van der Waals surface area contributed by atoms with Crippen LogP contribution in [0, 0.1) is 0 Å². The maximum atomic E-state index is 12.8. The summed E-state index contributed by atoms with van der Waals surface area (Å²) >= 11 is 0. The van der Waals surface area contributed by atoms with Crippen LogP contribution in [-0.2, 0) is 6.54 Å². The fourth-order valence-electron chi connectivity index (χ4n) is 4.62. The molecule has 2 atom stereocenters. The maximum Gasteiger partial charge on any atom is 0.256 e. The first-order valence-corrected chi connectivity index (χ1v) is 11.6. The van der Waals surface area contributed by atoms with Gasteiger partial charge in [-0.05, 0) is 61.7 Å². The number of anilines is 1. The average molecular weight is 440 g/mol. The van der Waals surface area contributed by atoms with E-state index in [4.69, 9.17) is 0 Å². The Kier molecular flexibility index (Phi) is 5.92. The second-order valence-electron chi connectivity index (χ2n) is 9.00. The summed E-state index contributed by atoms with van der Waals surface area (Å²) in [6.07, 6.45) is 8.00. The molecule has 5 rings (SSSR count). The van der Waals surface area contributed by atoms with Crippen molar-refractivity contribution in [1.29, 1.82) is 0 Å². The molecule has 1 aliphatic rings. The van der Waals surface area contributed by atoms with E-state index in [9.17, 15) is 4.79 Å². The molecule has 0 saturated carbocycles. The van der Waals surface area contributed by atoms with Gasteiger partial charge in [0, 0.05) is 59.8 Å². The highest BCUT2D eigenvalue weighted by Gasteiger charge is 2.20. The van der Waals surface area contributed by atoms with Gasteiger partial charge in [0.25, 0.3) is 5.91 Å². The molecule has 6 heteroatoms. The van der Waals surface area contributed by atoms with Gasteiger partial charge >= 0.3 is 0 Å². The van der Waals surface area contributed by atoms with Crippen LogP contribution in [0.4, 0.5) is 5.82 Å². The van der Waals surface area contributed by atoms with Crippen molar-refractivity contribution in [2.24, 2.45) is 0 Å². The number of amides is 1. The van der Waals surface area contributed by atoms with Gasteiger partial charge in [-0.1, -0.05) is 25.1 Å². The van der Waals surface area contributed by atoms with E-state index in [1.807, 2.05) is 48.8 Å². The summed E-state index contributed by atoms with van der Waals surface area (Å²) < 4.78 is 0. The Morgan fingerprint density at radius 1 is 1.18 bits per heavy atom. The molecule has 6 nitrogen and oxygen atoms in total. The zero-order valence-electron chi connectivity index (χ0n) is 19.1. The third-order valence-electron chi connectivity index (χ3n) is 6.72. The summed E-state index contributed by atoms with van der Waals surface area (Å²) in [6, 6.07) is 16.4. The summed E-state index contributed by atoms with van der Waals surface area (Å²) in [5.74, 6) is 0.592. The van der Waals surface area contributed by atoms with E-state index in [1.165, 1.54) is 18.5 Å². The highest BCUT2D eigenvalue weighted by atomic mass is 16.1. The summed E-state index contributed by atoms with van der Waals surface area (Å²) in [7, 11) is 0. The quantitative estimate of drug-likeness (QED) is 0.425. The Labute approximate surface area is 194 Å². The molecular formula is C27H29N5O. The zero-order chi connectivity index (χ0) is 22.8. The predicted molar refractivity (Wildman–Crippen MR) is 131 cm³/mol. The SMILES string of the molecule is CC(c1ccc(C(=O)Nc2cc3[nH]c(CN4CCC[C@@H]4C)cc3cn2)cc1)c1cccnc1. The van der Waals surface area contributed by atoms with Gasteiger partial charge in [0.15, 0.2) is 0 Å². The van der Waals surface area contributed by atoms with E-state index < -0.39 is 0 Å². The lowest BCUT2D eigenvalue weighted by Crippen LogP contribution is -2.26. The number of hydrogen-bond acceptors (Lipinski definition) is 4. The van der Waals surface area contributed by atoms with Crippen molar-refractivity contribution in [3.8, 4) is 0 Å². The summed E-state index contributed by atoms with van der Waals surface area (Å²) in [5, 5.41) is 3.99. The highest BCUT2D eigenvalue weighted by molar-refractivity contribution is 6.04. The van der Waals surface area contributed by atoms with Crippen LogP contribution in [-0.4, -0.2) is 38.3 Å². The first-order valence-electron chi connectivity index (χ1n) is 11.6. The second kappa shape index (κ2) is 9.16. The molecule has 2 N–H and O–H groups in total. The molecule has 1 fully saturated rings. The van der Waals surface area contributed by atoms with Crippen molar-refractivity contribution in [1.82, 2.24) is 19.9 Å². The second-order valence-corrected chi connectivity index (χ2v) is 9.00. The molecule has 1 saturated heterocycles. The van der Waals surface area contributed by atoms with Crippen molar-refractivity contribution < 1.29 is 4.79 Å². The lowest BCUT2D eigenvalue weighted by atomic mass is 9.94. The van der Waals surface area contributed by atoms with Gasteiger partial charge in [0.2, 0.25) is 0 Å². The highest BCUT2D eigenvalue weighted by Crippen LogP contribution is 2.25. The zero-order valence-corrected chi connectivity index (χ0v) is 19.1. The summed E-state index contributed by atoms with van der Waals surface area (Å²) in [4.78, 5) is 27.4. The Morgan fingerprint density at radius 3 is 2.76 bits per heavy atom. The van der Waals surface area contributed by atoms with E-state index in [0.29, 0.717) is 17.4 Å². The van der Waals surface area contributed by atoms with Crippen LogP contribution >= 0.6 is 0 Å². The smallest absolute Gasteiger partial charge is 0.256 e. The normalized spacial score (nSPS) is 17.3. The van der Waals surface area contributed by atoms with Gasteiger partial charge < -0.3 is 10.3 Å². The molecule has 0 bridgehead atoms. The summed E-state index contributed by atoms with van der Waals surface area (Å²) in [5.41, 5.74) is 5.07. The molecular weight excluding hydrogens is 410 g/mol. The van der Waals surface area contributed by atoms with Crippen LogP contribution < -0.4 is 5.32 Å². The lowest BCUT2D eigenvalue weighted by molar-refractivity contribution is 0.102. The monoisotopic (exact) mass is 439 g/mol. The molecule has 168 valence electrons. The van der Waals surface area contributed by atoms with Crippen molar-refractivity contribution >= 4 is 22.6 Å². The van der Waals surface area contributed by atoms with E-state index in [0.717, 1.165) is 35.1 Å². The first kappa shape index (κ1) is 21.3. The molecule has 4 aromatic rings. The Bertz CT molecular complexity index is 1250. The largest absolute Gasteiger partial charge is 0.357 e. The molecule has 3 aromatic heterocycles. The molecule has 0 aliphatic carbocycles. The van der Waals surface area contributed by atoms with Crippen LogP contribution in [0.1, 0.15) is 59.8 Å². The first-order chi connectivity index (χ1) is 16.1. The van der Waals surface area contributed by atoms with Crippen molar-refractivity contribution in [3.63, 3.8) is 0 Å². The fourth-order valence-corrected chi connectivity index (χ4v) is 4.62. The predicted octanol–water partition coefficient (Wildman–Crippen LogP) is 5.35. The molecule has 4 heterocycles. The van der Waals surface area contributed by atoms with Crippen LogP contribution in [0.2, 0.25) is 0 Å². The van der Waals surface area contributed by atoms with E-state index >= 15 is 0 Å². The number of hydrogen-bond donors (Lipinski definition) is 2. The van der Waals surface area contributed by atoms with E-state index in [-0.39, 0.29) is 11.8 Å². The molecule has 1 amide bonds. The molecule has 1 aliphatic heterocycles. The topological polar surface area (TPSA) is 73.9 Å². The van der Waals surface area contributed by atoms with E-state index in [1.54, 1.807) is 6.20 Å². The Hall–Kier alpha value is -3.51. The van der Waals surface area contributed by atoms with Crippen LogP contribution in [0.5, 0.6) is 0 Å². The Morgan fingerprint density at radius 2 is 2.03 bits per heavy atom. The van der Waals surface area contributed by atoms with Gasteiger partial charge in [-0.25, -0.2) is 4.98 Å². The standard InChI is InChI=1S/C27H29N5O/c1-18-5-4-12-32(18)17-24-13-23-16-29-26(14-25(23)30-24)31-27(33)21-9-7-20(8-10-21)19(2)22-6-3-11-28-15-22/h3,6-11,13-16,18-19,30H,4-5,12,17H2,1-2H3,(H,29,31,33)/t18-,19?/m0/s1. The van der Waals surface area contributed by atoms with Gasteiger partial charge in [-0.2, -0.15) is 0 Å². The fraction of sp³-hybridized carbons (Fsp3) is 0.296. The number of carbonyl (C=O) groups excluding carboxylic acids is 1. The molecule has 1 aromatic carbocycles. The summed E-state index contributed by atoms with van der Waals surface area (Å²) in [6.45, 7) is 6.49. The number of aromatic nitrogens is 3. The number of nitrogens with one attached hydrogen (secondary N) is 2. The van der Waals surface area contributed by atoms with Gasteiger partial charge in [0.1, 0.15) is 5.82 Å². The number of fused-ring (bicyclic) bond motifs is 1. The van der Waals surface area contributed by atoms with Crippen LogP contribution in [0.15, 0.2) is 67.1 Å². The molecule has 1 unspecified atom stereocenters. The van der Waals surface area contributed by atoms with Crippen LogP contribution in [0.3, 0.4) is 0 Å². The number of carbonyl (C=O) groups is 1. The maximum absolute atomic E-state index is 12.8. The number of likely N-dealkylation sites (tertiary alicyclic amines) is 1. The number of benzene rings is 1.